The summed E-state index contributed by atoms with van der Waals surface area (Å²) in [5, 5.41) is 9.12. The highest BCUT2D eigenvalue weighted by molar-refractivity contribution is 5.85. The van der Waals surface area contributed by atoms with Gasteiger partial charge in [-0.15, -0.1) is 0 Å². The van der Waals surface area contributed by atoms with Crippen LogP contribution in [0.15, 0.2) is 42.5 Å². The van der Waals surface area contributed by atoms with Crippen molar-refractivity contribution in [2.75, 3.05) is 19.0 Å². The SMILES string of the molecule is CC[C@H](C)[C@@H](C(=O)N(C)C)N(Cc1ccccc1C(F)(F)F)c1ccc(C#N)c(C(F)(F)F)c1. The molecule has 0 aliphatic heterocycles. The standard InChI is InChI=1S/C24H25F6N3O/c1-5-15(2)21(22(34)32(3)4)33(14-17-8-6-7-9-19(17)23(25,26)27)18-11-10-16(13-31)20(12-18)24(28,29)30/h6-12,15,21H,5,14H2,1-4H3/t15-,21-/m0/s1. The number of likely N-dealkylation sites (N-methyl/N-ethyl adjacent to an activating group) is 1. The number of anilines is 1. The van der Waals surface area contributed by atoms with Crippen molar-refractivity contribution in [3.63, 3.8) is 0 Å². The quantitative estimate of drug-likeness (QED) is 0.445. The molecule has 0 spiro atoms. The van der Waals surface area contributed by atoms with Gasteiger partial charge in [0.25, 0.3) is 0 Å². The third-order valence-electron chi connectivity index (χ3n) is 5.64. The van der Waals surface area contributed by atoms with Crippen LogP contribution in [0.2, 0.25) is 0 Å². The summed E-state index contributed by atoms with van der Waals surface area (Å²) in [5.74, 6) is -0.866. The maximum Gasteiger partial charge on any atom is 0.417 e. The number of halogens is 6. The fraction of sp³-hybridized carbons (Fsp3) is 0.417. The van der Waals surface area contributed by atoms with E-state index in [2.05, 4.69) is 0 Å². The molecule has 0 N–H and O–H groups in total. The molecule has 2 rings (SSSR count). The number of rotatable bonds is 7. The van der Waals surface area contributed by atoms with Crippen LogP contribution in [0.1, 0.15) is 42.5 Å². The van der Waals surface area contributed by atoms with Crippen LogP contribution in [0.25, 0.3) is 0 Å². The minimum Gasteiger partial charge on any atom is -0.355 e. The first-order valence-corrected chi connectivity index (χ1v) is 10.5. The fourth-order valence-corrected chi connectivity index (χ4v) is 3.68. The van der Waals surface area contributed by atoms with Gasteiger partial charge in [0.05, 0.1) is 22.8 Å². The monoisotopic (exact) mass is 485 g/mol. The van der Waals surface area contributed by atoms with Crippen molar-refractivity contribution in [1.82, 2.24) is 4.90 Å². The van der Waals surface area contributed by atoms with Gasteiger partial charge in [-0.1, -0.05) is 38.5 Å². The summed E-state index contributed by atoms with van der Waals surface area (Å²) in [7, 11) is 2.94. The largest absolute Gasteiger partial charge is 0.417 e. The third kappa shape index (κ3) is 6.01. The number of carbonyl (C=O) groups is 1. The molecule has 0 aliphatic rings. The van der Waals surface area contributed by atoms with Crippen molar-refractivity contribution in [3.8, 4) is 6.07 Å². The summed E-state index contributed by atoms with van der Waals surface area (Å²) in [4.78, 5) is 15.6. The summed E-state index contributed by atoms with van der Waals surface area (Å²) in [6, 6.07) is 8.09. The van der Waals surface area contributed by atoms with Crippen molar-refractivity contribution in [1.29, 1.82) is 5.26 Å². The lowest BCUT2D eigenvalue weighted by Gasteiger charge is -2.38. The lowest BCUT2D eigenvalue weighted by atomic mass is 9.94. The average molecular weight is 485 g/mol. The summed E-state index contributed by atoms with van der Waals surface area (Å²) in [5.41, 5.74) is -3.07. The number of nitrogens with zero attached hydrogens (tertiary/aromatic N) is 3. The number of amides is 1. The van der Waals surface area contributed by atoms with Crippen LogP contribution < -0.4 is 4.90 Å². The number of hydrogen-bond acceptors (Lipinski definition) is 3. The Morgan fingerprint density at radius 1 is 1.00 bits per heavy atom. The Morgan fingerprint density at radius 2 is 1.59 bits per heavy atom. The van der Waals surface area contributed by atoms with Gasteiger partial charge < -0.3 is 9.80 Å². The van der Waals surface area contributed by atoms with Gasteiger partial charge >= 0.3 is 12.4 Å². The highest BCUT2D eigenvalue weighted by atomic mass is 19.4. The molecule has 0 saturated heterocycles. The molecular weight excluding hydrogens is 460 g/mol. The van der Waals surface area contributed by atoms with Crippen molar-refractivity contribution < 1.29 is 31.1 Å². The van der Waals surface area contributed by atoms with Gasteiger partial charge in [0.1, 0.15) is 6.04 Å². The molecule has 0 saturated carbocycles. The Hall–Kier alpha value is -3.22. The topological polar surface area (TPSA) is 47.3 Å². The van der Waals surface area contributed by atoms with Crippen LogP contribution in [0.4, 0.5) is 32.0 Å². The second kappa shape index (κ2) is 10.4. The predicted molar refractivity (Wildman–Crippen MR) is 116 cm³/mol. The molecule has 184 valence electrons. The summed E-state index contributed by atoms with van der Waals surface area (Å²) >= 11 is 0. The maximum atomic E-state index is 13.7. The molecule has 0 aromatic heterocycles. The molecule has 2 aromatic rings. The van der Waals surface area contributed by atoms with Crippen molar-refractivity contribution >= 4 is 11.6 Å². The van der Waals surface area contributed by atoms with Gasteiger partial charge in [-0.3, -0.25) is 4.79 Å². The molecule has 4 nitrogen and oxygen atoms in total. The number of hydrogen-bond donors (Lipinski definition) is 0. The highest BCUT2D eigenvalue weighted by Gasteiger charge is 2.38. The van der Waals surface area contributed by atoms with Crippen molar-refractivity contribution in [2.45, 2.75) is 45.2 Å². The zero-order chi connectivity index (χ0) is 25.8. The number of carbonyl (C=O) groups excluding carboxylic acids is 1. The Morgan fingerprint density at radius 3 is 2.09 bits per heavy atom. The number of nitriles is 1. The fourth-order valence-electron chi connectivity index (χ4n) is 3.68. The summed E-state index contributed by atoms with van der Waals surface area (Å²) in [6.07, 6.45) is -9.11. The molecule has 2 atom stereocenters. The van der Waals surface area contributed by atoms with Gasteiger partial charge in [-0.25, -0.2) is 0 Å². The summed E-state index contributed by atoms with van der Waals surface area (Å²) < 4.78 is 81.9. The van der Waals surface area contributed by atoms with Crippen molar-refractivity contribution in [3.05, 3.63) is 64.7 Å². The van der Waals surface area contributed by atoms with E-state index in [0.29, 0.717) is 12.5 Å². The molecule has 0 unspecified atom stereocenters. The van der Waals surface area contributed by atoms with Gasteiger partial charge in [0.15, 0.2) is 0 Å². The molecule has 0 bridgehead atoms. The van der Waals surface area contributed by atoms with E-state index < -0.39 is 53.5 Å². The van der Waals surface area contributed by atoms with Gasteiger partial charge in [-0.05, 0) is 35.7 Å². The smallest absolute Gasteiger partial charge is 0.355 e. The lowest BCUT2D eigenvalue weighted by Crippen LogP contribution is -2.50. The highest BCUT2D eigenvalue weighted by Crippen LogP contribution is 2.38. The minimum atomic E-state index is -4.87. The van der Waals surface area contributed by atoms with E-state index in [1.807, 2.05) is 0 Å². The van der Waals surface area contributed by atoms with Crippen molar-refractivity contribution in [2.24, 2.45) is 5.92 Å². The zero-order valence-corrected chi connectivity index (χ0v) is 19.1. The zero-order valence-electron chi connectivity index (χ0n) is 19.1. The summed E-state index contributed by atoms with van der Waals surface area (Å²) in [6.45, 7) is 3.03. The second-order valence-corrected chi connectivity index (χ2v) is 8.19. The molecule has 34 heavy (non-hydrogen) atoms. The van der Waals surface area contributed by atoms with Gasteiger partial charge in [-0.2, -0.15) is 31.6 Å². The van der Waals surface area contributed by atoms with Crippen LogP contribution in [0, 0.1) is 17.2 Å². The van der Waals surface area contributed by atoms with Crippen LogP contribution in [-0.2, 0) is 23.7 Å². The first-order chi connectivity index (χ1) is 15.7. The van der Waals surface area contributed by atoms with E-state index >= 15 is 0 Å². The molecule has 2 aromatic carbocycles. The molecule has 0 aliphatic carbocycles. The Kier molecular flexibility index (Phi) is 8.24. The third-order valence-corrected chi connectivity index (χ3v) is 5.64. The van der Waals surface area contributed by atoms with Crippen LogP contribution in [0.5, 0.6) is 0 Å². The molecule has 10 heteroatoms. The number of alkyl halides is 6. The minimum absolute atomic E-state index is 0.108. The van der Waals surface area contributed by atoms with E-state index in [-0.39, 0.29) is 11.3 Å². The first kappa shape index (κ1) is 27.0. The van der Waals surface area contributed by atoms with E-state index in [1.54, 1.807) is 13.8 Å². The van der Waals surface area contributed by atoms with E-state index in [1.165, 1.54) is 54.2 Å². The second-order valence-electron chi connectivity index (χ2n) is 8.19. The van der Waals surface area contributed by atoms with Crippen LogP contribution in [0.3, 0.4) is 0 Å². The first-order valence-electron chi connectivity index (χ1n) is 10.5. The molecular formula is C24H25F6N3O. The molecule has 0 radical (unpaired) electrons. The molecule has 0 fully saturated rings. The lowest BCUT2D eigenvalue weighted by molar-refractivity contribution is -0.138. The Labute approximate surface area is 194 Å². The Bertz CT molecular complexity index is 1060. The normalized spacial score (nSPS) is 13.7. The van der Waals surface area contributed by atoms with Gasteiger partial charge in [0, 0.05) is 26.3 Å². The van der Waals surface area contributed by atoms with E-state index in [9.17, 15) is 31.1 Å². The number of benzene rings is 2. The average Bonchev–Trinajstić information content (AvgIpc) is 2.76. The van der Waals surface area contributed by atoms with E-state index in [4.69, 9.17) is 5.26 Å². The predicted octanol–water partition coefficient (Wildman–Crippen LogP) is 6.11. The molecule has 0 heterocycles. The molecule has 1 amide bonds. The maximum absolute atomic E-state index is 13.7. The van der Waals surface area contributed by atoms with E-state index in [0.717, 1.165) is 12.1 Å². The van der Waals surface area contributed by atoms with Gasteiger partial charge in [0.2, 0.25) is 5.91 Å². The van der Waals surface area contributed by atoms with Crippen LogP contribution >= 0.6 is 0 Å². The Balaban J connectivity index is 2.78. The van der Waals surface area contributed by atoms with Crippen LogP contribution in [-0.4, -0.2) is 30.9 Å².